The van der Waals surface area contributed by atoms with Gasteiger partial charge in [0.25, 0.3) is 0 Å². The van der Waals surface area contributed by atoms with Crippen molar-refractivity contribution < 1.29 is 14.3 Å². The van der Waals surface area contributed by atoms with Gasteiger partial charge in [-0.1, -0.05) is 0 Å². The van der Waals surface area contributed by atoms with Crippen LogP contribution in [0.3, 0.4) is 0 Å². The number of carbonyl (C=O) groups is 2. The van der Waals surface area contributed by atoms with Crippen LogP contribution >= 0.6 is 11.6 Å². The fourth-order valence-electron chi connectivity index (χ4n) is 0.610. The Bertz CT molecular complexity index is 175. The van der Waals surface area contributed by atoms with E-state index in [-0.39, 0.29) is 25.5 Å². The highest BCUT2D eigenvalue weighted by atomic mass is 35.5. The van der Waals surface area contributed by atoms with Gasteiger partial charge in [0.2, 0.25) is 11.8 Å². The second-order valence-corrected chi connectivity index (χ2v) is 2.69. The molecule has 6 heteroatoms. The van der Waals surface area contributed by atoms with Crippen molar-refractivity contribution in [2.75, 3.05) is 25.6 Å². The minimum atomic E-state index is -0.521. The van der Waals surface area contributed by atoms with Crippen LogP contribution in [0.15, 0.2) is 0 Å². The summed E-state index contributed by atoms with van der Waals surface area (Å²) in [6, 6.07) is 0. The first-order chi connectivity index (χ1) is 6.16. The van der Waals surface area contributed by atoms with E-state index in [2.05, 4.69) is 5.32 Å². The topological polar surface area (TPSA) is 81.4 Å². The van der Waals surface area contributed by atoms with Crippen LogP contribution in [0, 0.1) is 0 Å². The summed E-state index contributed by atoms with van der Waals surface area (Å²) in [5, 5.41) is 2.56. The van der Waals surface area contributed by atoms with Crippen LogP contribution < -0.4 is 11.1 Å². The van der Waals surface area contributed by atoms with Crippen molar-refractivity contribution in [3.63, 3.8) is 0 Å². The summed E-state index contributed by atoms with van der Waals surface area (Å²) in [5.41, 5.74) is 4.81. The molecule has 0 fully saturated rings. The molecule has 0 spiro atoms. The lowest BCUT2D eigenvalue weighted by molar-refractivity contribution is -0.122. The Labute approximate surface area is 81.6 Å². The molecule has 0 rings (SSSR count). The first kappa shape index (κ1) is 12.2. The average Bonchev–Trinajstić information content (AvgIpc) is 2.03. The quantitative estimate of drug-likeness (QED) is 0.426. The Morgan fingerprint density at radius 3 is 2.69 bits per heavy atom. The number of nitrogens with two attached hydrogens (primary N) is 1. The SMILES string of the molecule is NC(=O)COCCNC(=O)CCCl. The Morgan fingerprint density at radius 1 is 1.46 bits per heavy atom. The summed E-state index contributed by atoms with van der Waals surface area (Å²) in [6.45, 7) is 0.519. The van der Waals surface area contributed by atoms with Gasteiger partial charge < -0.3 is 15.8 Å². The minimum absolute atomic E-state index is 0.120. The molecular weight excluding hydrogens is 196 g/mol. The van der Waals surface area contributed by atoms with Crippen molar-refractivity contribution in [1.29, 1.82) is 0 Å². The zero-order valence-electron chi connectivity index (χ0n) is 7.22. The maximum atomic E-state index is 10.8. The predicted octanol–water partition coefficient (Wildman–Crippen LogP) is -0.767. The van der Waals surface area contributed by atoms with E-state index in [1.54, 1.807) is 0 Å². The number of hydrogen-bond acceptors (Lipinski definition) is 3. The van der Waals surface area contributed by atoms with E-state index in [0.717, 1.165) is 0 Å². The van der Waals surface area contributed by atoms with Crippen LogP contribution in [0.4, 0.5) is 0 Å². The van der Waals surface area contributed by atoms with Gasteiger partial charge in [-0.2, -0.15) is 0 Å². The van der Waals surface area contributed by atoms with Gasteiger partial charge in [-0.05, 0) is 0 Å². The molecule has 0 aromatic rings. The molecule has 76 valence electrons. The maximum absolute atomic E-state index is 10.8. The highest BCUT2D eigenvalue weighted by Crippen LogP contribution is 1.83. The van der Waals surface area contributed by atoms with E-state index in [0.29, 0.717) is 12.4 Å². The fourth-order valence-corrected chi connectivity index (χ4v) is 0.781. The summed E-state index contributed by atoms with van der Waals surface area (Å²) in [5.74, 6) is -0.349. The van der Waals surface area contributed by atoms with Crippen molar-refractivity contribution in [3.8, 4) is 0 Å². The molecule has 0 saturated carbocycles. The Kier molecular flexibility index (Phi) is 7.33. The highest BCUT2D eigenvalue weighted by molar-refractivity contribution is 6.18. The third kappa shape index (κ3) is 9.10. The van der Waals surface area contributed by atoms with Gasteiger partial charge in [0.05, 0.1) is 6.61 Å². The molecule has 0 bridgehead atoms. The van der Waals surface area contributed by atoms with Crippen LogP contribution in [-0.2, 0) is 14.3 Å². The lowest BCUT2D eigenvalue weighted by atomic mass is 10.4. The molecule has 0 aliphatic rings. The third-order valence-electron chi connectivity index (χ3n) is 1.13. The molecule has 0 saturated heterocycles. The molecule has 13 heavy (non-hydrogen) atoms. The molecule has 2 amide bonds. The number of hydrogen-bond donors (Lipinski definition) is 2. The van der Waals surface area contributed by atoms with E-state index in [1.165, 1.54) is 0 Å². The molecule has 0 aromatic carbocycles. The zero-order valence-corrected chi connectivity index (χ0v) is 7.97. The van der Waals surface area contributed by atoms with Crippen LogP contribution in [0.1, 0.15) is 6.42 Å². The number of carbonyl (C=O) groups excluding carboxylic acids is 2. The Morgan fingerprint density at radius 2 is 2.15 bits per heavy atom. The van der Waals surface area contributed by atoms with E-state index in [1.807, 2.05) is 0 Å². The molecule has 0 aliphatic carbocycles. The standard InChI is InChI=1S/C7H13ClN2O3/c8-2-1-7(12)10-3-4-13-5-6(9)11/h1-5H2,(H2,9,11)(H,10,12). The van der Waals surface area contributed by atoms with Crippen LogP contribution in [0.5, 0.6) is 0 Å². The van der Waals surface area contributed by atoms with Gasteiger partial charge in [-0.15, -0.1) is 11.6 Å². The second kappa shape index (κ2) is 7.82. The molecule has 0 atom stereocenters. The van der Waals surface area contributed by atoms with Crippen molar-refractivity contribution in [2.24, 2.45) is 5.73 Å². The summed E-state index contributed by atoms with van der Waals surface area (Å²) in [4.78, 5) is 21.0. The first-order valence-corrected chi connectivity index (χ1v) is 4.39. The predicted molar refractivity (Wildman–Crippen MR) is 48.4 cm³/mol. The highest BCUT2D eigenvalue weighted by Gasteiger charge is 1.98. The number of alkyl halides is 1. The maximum Gasteiger partial charge on any atom is 0.243 e. The van der Waals surface area contributed by atoms with Crippen LogP contribution in [0.2, 0.25) is 0 Å². The zero-order chi connectivity index (χ0) is 10.1. The number of amides is 2. The van der Waals surface area contributed by atoms with Gasteiger partial charge in [-0.25, -0.2) is 0 Å². The lowest BCUT2D eigenvalue weighted by Crippen LogP contribution is -2.28. The molecule has 3 N–H and O–H groups in total. The number of ether oxygens (including phenoxy) is 1. The smallest absolute Gasteiger partial charge is 0.243 e. The van der Waals surface area contributed by atoms with Crippen molar-refractivity contribution >= 4 is 23.4 Å². The van der Waals surface area contributed by atoms with Gasteiger partial charge in [-0.3, -0.25) is 9.59 Å². The van der Waals surface area contributed by atoms with Crippen molar-refractivity contribution in [1.82, 2.24) is 5.32 Å². The van der Waals surface area contributed by atoms with Crippen molar-refractivity contribution in [3.05, 3.63) is 0 Å². The van der Waals surface area contributed by atoms with E-state index < -0.39 is 5.91 Å². The van der Waals surface area contributed by atoms with Crippen molar-refractivity contribution in [2.45, 2.75) is 6.42 Å². The molecular formula is C7H13ClN2O3. The first-order valence-electron chi connectivity index (χ1n) is 3.85. The van der Waals surface area contributed by atoms with E-state index in [4.69, 9.17) is 22.1 Å². The molecule has 0 heterocycles. The van der Waals surface area contributed by atoms with Gasteiger partial charge in [0, 0.05) is 18.8 Å². The molecule has 5 nitrogen and oxygen atoms in total. The second-order valence-electron chi connectivity index (χ2n) is 2.31. The normalized spacial score (nSPS) is 9.62. The van der Waals surface area contributed by atoms with Gasteiger partial charge in [0.1, 0.15) is 6.61 Å². The van der Waals surface area contributed by atoms with Gasteiger partial charge >= 0.3 is 0 Å². The summed E-state index contributed by atoms with van der Waals surface area (Å²) < 4.78 is 4.80. The van der Waals surface area contributed by atoms with Crippen LogP contribution in [-0.4, -0.2) is 37.5 Å². The fraction of sp³-hybridized carbons (Fsp3) is 0.714. The Balaban J connectivity index is 3.16. The monoisotopic (exact) mass is 208 g/mol. The summed E-state index contributed by atoms with van der Waals surface area (Å²) in [6.07, 6.45) is 0.289. The summed E-state index contributed by atoms with van der Waals surface area (Å²) in [7, 11) is 0. The number of halogens is 1. The molecule has 0 unspecified atom stereocenters. The average molecular weight is 209 g/mol. The lowest BCUT2D eigenvalue weighted by Gasteiger charge is -2.03. The van der Waals surface area contributed by atoms with E-state index >= 15 is 0 Å². The number of nitrogens with one attached hydrogen (secondary N) is 1. The number of primary amides is 1. The Hall–Kier alpha value is -0.810. The van der Waals surface area contributed by atoms with Crippen LogP contribution in [0.25, 0.3) is 0 Å². The minimum Gasteiger partial charge on any atom is -0.370 e. The van der Waals surface area contributed by atoms with E-state index in [9.17, 15) is 9.59 Å². The molecule has 0 aliphatic heterocycles. The molecule has 0 aromatic heterocycles. The van der Waals surface area contributed by atoms with Gasteiger partial charge in [0.15, 0.2) is 0 Å². The molecule has 0 radical (unpaired) electrons. The third-order valence-corrected chi connectivity index (χ3v) is 1.32. The summed E-state index contributed by atoms with van der Waals surface area (Å²) >= 11 is 5.32. The largest absolute Gasteiger partial charge is 0.370 e. The number of rotatable bonds is 7.